The molecule has 6 nitrogen and oxygen atoms in total. The number of carboxylic acids is 2. The molecule has 6 unspecified atom stereocenters. The van der Waals surface area contributed by atoms with Gasteiger partial charge in [-0.15, -0.1) is 0 Å². The van der Waals surface area contributed by atoms with Crippen LogP contribution in [0.2, 0.25) is 0 Å². The van der Waals surface area contributed by atoms with Crippen LogP contribution < -0.4 is 0 Å². The van der Waals surface area contributed by atoms with Gasteiger partial charge >= 0.3 is 11.9 Å². The van der Waals surface area contributed by atoms with Gasteiger partial charge in [0, 0.05) is 42.6 Å². The first-order valence-corrected chi connectivity index (χ1v) is 16.2. The summed E-state index contributed by atoms with van der Waals surface area (Å²) in [4.78, 5) is 22.6. The summed E-state index contributed by atoms with van der Waals surface area (Å²) in [5, 5.41) is 19.4. The molecule has 2 N–H and O–H groups in total. The number of aliphatic carboxylic acids is 2. The molecular weight excluding hydrogens is 484 g/mol. The van der Waals surface area contributed by atoms with Crippen LogP contribution in [0.5, 0.6) is 0 Å². The molecule has 2 aliphatic heterocycles. The van der Waals surface area contributed by atoms with Crippen LogP contribution in [0.4, 0.5) is 0 Å². The first-order chi connectivity index (χ1) is 16.3. The highest BCUT2D eigenvalue weighted by atomic mass is 32.2. The zero-order valence-corrected chi connectivity index (χ0v) is 23.9. The van der Waals surface area contributed by atoms with Gasteiger partial charge in [0.2, 0.25) is 0 Å². The van der Waals surface area contributed by atoms with Crippen LogP contribution in [0.15, 0.2) is 0 Å². The summed E-state index contributed by atoms with van der Waals surface area (Å²) >= 11 is 0. The Morgan fingerprint density at radius 2 is 0.914 bits per heavy atom. The summed E-state index contributed by atoms with van der Waals surface area (Å²) in [6.45, 7) is 7.03. The van der Waals surface area contributed by atoms with E-state index in [0.717, 1.165) is 83.5 Å². The van der Waals surface area contributed by atoms with Crippen LogP contribution in [0, 0.1) is 10.8 Å². The average Bonchev–Trinajstić information content (AvgIpc) is 2.77. The van der Waals surface area contributed by atoms with Crippen LogP contribution in [-0.4, -0.2) is 51.6 Å². The molecule has 0 aromatic heterocycles. The molecule has 6 atom stereocenters. The van der Waals surface area contributed by atoms with Crippen molar-refractivity contribution < 1.29 is 28.2 Å². The van der Waals surface area contributed by atoms with Crippen molar-refractivity contribution in [3.05, 3.63) is 0 Å². The number of carboxylic acid groups (broad SMARTS) is 2. The van der Waals surface area contributed by atoms with E-state index in [9.17, 15) is 28.2 Å². The van der Waals surface area contributed by atoms with Gasteiger partial charge < -0.3 is 10.2 Å². The molecule has 0 spiro atoms. The topological polar surface area (TPSA) is 109 Å². The highest BCUT2D eigenvalue weighted by Crippen LogP contribution is 2.34. The minimum atomic E-state index is -0.865. The Morgan fingerprint density at radius 1 is 0.629 bits per heavy atom. The number of rotatable bonds is 14. The zero-order valence-electron chi connectivity index (χ0n) is 22.3. The van der Waals surface area contributed by atoms with Gasteiger partial charge in [0.25, 0.3) is 0 Å². The van der Waals surface area contributed by atoms with Crippen molar-refractivity contribution >= 4 is 33.5 Å². The summed E-state index contributed by atoms with van der Waals surface area (Å²) in [5.74, 6) is -1.54. The van der Waals surface area contributed by atoms with Gasteiger partial charge in [-0.2, -0.15) is 0 Å². The van der Waals surface area contributed by atoms with E-state index in [1.165, 1.54) is 0 Å². The predicted octanol–water partition coefficient (Wildman–Crippen LogP) is 6.06. The lowest BCUT2D eigenvalue weighted by atomic mass is 9.87. The Balaban J connectivity index is 1.74. The first kappa shape index (κ1) is 30.5. The molecule has 0 radical (unpaired) electrons. The largest absolute Gasteiger partial charge is 0.481 e. The monoisotopic (exact) mass is 532 g/mol. The third-order valence-corrected chi connectivity index (χ3v) is 12.8. The fraction of sp³-hybridized carbons (Fsp3) is 0.926. The van der Waals surface area contributed by atoms with Crippen LogP contribution in [0.3, 0.4) is 0 Å². The van der Waals surface area contributed by atoms with Gasteiger partial charge in [-0.25, -0.2) is 0 Å². The van der Waals surface area contributed by atoms with Gasteiger partial charge in [0.05, 0.1) is 10.8 Å². The molecule has 0 saturated carbocycles. The summed E-state index contributed by atoms with van der Waals surface area (Å²) in [5.41, 5.74) is -1.45. The van der Waals surface area contributed by atoms with Gasteiger partial charge in [-0.3, -0.25) is 18.0 Å². The fourth-order valence-corrected chi connectivity index (χ4v) is 9.81. The number of hydrogen-bond acceptors (Lipinski definition) is 4. The Labute approximate surface area is 217 Å². The van der Waals surface area contributed by atoms with Crippen molar-refractivity contribution in [2.45, 2.75) is 145 Å². The molecule has 0 aromatic rings. The second kappa shape index (κ2) is 13.7. The molecule has 0 amide bonds. The minimum absolute atomic E-state index is 0.182. The standard InChI is InChI=1S/C27H48O6S2/c1-26(2,24(28)29)18-8-16-22-14-6-12-20(34(22)32)10-5-11-21-13-7-15-23(35(21)33)17-9-19-27(3,4)25(30)31/h20-23H,5-19H2,1-4H3,(H,28,29)(H,30,31). The minimum Gasteiger partial charge on any atom is -0.481 e. The van der Waals surface area contributed by atoms with Gasteiger partial charge in [-0.05, 0) is 91.9 Å². The Hall–Kier alpha value is -0.760. The van der Waals surface area contributed by atoms with E-state index in [0.29, 0.717) is 12.8 Å². The lowest BCUT2D eigenvalue weighted by molar-refractivity contribution is -0.148. The predicted molar refractivity (Wildman–Crippen MR) is 144 cm³/mol. The molecule has 0 aromatic carbocycles. The van der Waals surface area contributed by atoms with Crippen molar-refractivity contribution in [3.63, 3.8) is 0 Å². The summed E-state index contributed by atoms with van der Waals surface area (Å²) in [7, 11) is -1.73. The Kier molecular flexibility index (Phi) is 11.9. The van der Waals surface area contributed by atoms with E-state index in [4.69, 9.17) is 0 Å². The van der Waals surface area contributed by atoms with Gasteiger partial charge in [0.15, 0.2) is 0 Å². The van der Waals surface area contributed by atoms with Crippen molar-refractivity contribution in [2.24, 2.45) is 10.8 Å². The average molecular weight is 533 g/mol. The van der Waals surface area contributed by atoms with Gasteiger partial charge in [0.1, 0.15) is 0 Å². The zero-order chi connectivity index (χ0) is 26.2. The highest BCUT2D eigenvalue weighted by Gasteiger charge is 2.34. The molecule has 2 rings (SSSR count). The van der Waals surface area contributed by atoms with Crippen LogP contribution >= 0.6 is 0 Å². The SMILES string of the molecule is CC(C)(CCCC1CCCC(CCCC2CCCC(CCCC(C)(C)C(=O)O)S2=O)S1=O)C(=O)O. The van der Waals surface area contributed by atoms with Crippen LogP contribution in [0.25, 0.3) is 0 Å². The number of carbonyl (C=O) groups is 2. The van der Waals surface area contributed by atoms with E-state index in [-0.39, 0.29) is 21.0 Å². The third-order valence-electron chi connectivity index (χ3n) is 8.28. The molecule has 2 aliphatic rings. The summed E-state index contributed by atoms with van der Waals surface area (Å²) in [6.07, 6.45) is 13.5. The molecule has 2 saturated heterocycles. The normalized spacial score (nSPS) is 30.2. The first-order valence-electron chi connectivity index (χ1n) is 13.6. The number of hydrogen-bond donors (Lipinski definition) is 2. The van der Waals surface area contributed by atoms with Crippen molar-refractivity contribution in [2.75, 3.05) is 0 Å². The second-order valence-corrected chi connectivity index (χ2v) is 16.1. The Bertz CT molecular complexity index is 701. The maximum atomic E-state index is 13.2. The lowest BCUT2D eigenvalue weighted by Gasteiger charge is -2.31. The highest BCUT2D eigenvalue weighted by molar-refractivity contribution is 7.86. The van der Waals surface area contributed by atoms with Crippen molar-refractivity contribution in [1.82, 2.24) is 0 Å². The smallest absolute Gasteiger partial charge is 0.309 e. The molecule has 2 fully saturated rings. The summed E-state index contributed by atoms with van der Waals surface area (Å²) < 4.78 is 26.3. The maximum absolute atomic E-state index is 13.2. The van der Waals surface area contributed by atoms with E-state index >= 15 is 0 Å². The molecular formula is C27H48O6S2. The molecule has 204 valence electrons. The van der Waals surface area contributed by atoms with Crippen LogP contribution in [0.1, 0.15) is 124 Å². The molecule has 8 heteroatoms. The fourth-order valence-electron chi connectivity index (χ4n) is 5.53. The third kappa shape index (κ3) is 9.24. The summed E-state index contributed by atoms with van der Waals surface area (Å²) in [6, 6.07) is 0. The van der Waals surface area contributed by atoms with Gasteiger partial charge in [-0.1, -0.05) is 32.1 Å². The van der Waals surface area contributed by atoms with E-state index < -0.39 is 44.4 Å². The van der Waals surface area contributed by atoms with E-state index in [1.807, 2.05) is 0 Å². The Morgan fingerprint density at radius 3 is 1.20 bits per heavy atom. The van der Waals surface area contributed by atoms with Crippen molar-refractivity contribution in [1.29, 1.82) is 0 Å². The molecule has 0 aliphatic carbocycles. The molecule has 0 bridgehead atoms. The maximum Gasteiger partial charge on any atom is 0.309 e. The molecule has 2 heterocycles. The van der Waals surface area contributed by atoms with Crippen LogP contribution in [-0.2, 0) is 31.2 Å². The molecule has 35 heavy (non-hydrogen) atoms. The van der Waals surface area contributed by atoms with E-state index in [2.05, 4.69) is 0 Å². The van der Waals surface area contributed by atoms with Crippen molar-refractivity contribution in [3.8, 4) is 0 Å². The lowest BCUT2D eigenvalue weighted by Crippen LogP contribution is -2.33. The van der Waals surface area contributed by atoms with E-state index in [1.54, 1.807) is 27.7 Å². The quantitative estimate of drug-likeness (QED) is 0.281. The second-order valence-electron chi connectivity index (χ2n) is 12.1.